The number of esters is 1. The average Bonchev–Trinajstić information content (AvgIpc) is 2.87. The quantitative estimate of drug-likeness (QED) is 0.326. The molecule has 0 amide bonds. The van der Waals surface area contributed by atoms with Crippen LogP contribution in [0.3, 0.4) is 0 Å². The van der Waals surface area contributed by atoms with Crippen molar-refractivity contribution in [1.82, 2.24) is 9.88 Å². The number of halogens is 1. The van der Waals surface area contributed by atoms with Gasteiger partial charge in [0.2, 0.25) is 0 Å². The van der Waals surface area contributed by atoms with Crippen LogP contribution in [0.25, 0.3) is 0 Å². The van der Waals surface area contributed by atoms with Crippen LogP contribution in [0.1, 0.15) is 73.5 Å². The largest absolute Gasteiger partial charge is 0.468 e. The van der Waals surface area contributed by atoms with Crippen LogP contribution in [0.15, 0.2) is 24.3 Å². The number of hydrogen-bond donors (Lipinski definition) is 1. The van der Waals surface area contributed by atoms with Gasteiger partial charge in [0.15, 0.2) is 0 Å². The number of pyridine rings is 1. The highest BCUT2D eigenvalue weighted by Crippen LogP contribution is 2.42. The van der Waals surface area contributed by atoms with E-state index in [2.05, 4.69) is 36.2 Å². The fourth-order valence-electron chi connectivity index (χ4n) is 6.04. The number of carbonyl (C=O) groups excluding carboxylic acids is 1. The average molecular weight is 542 g/mol. The van der Waals surface area contributed by atoms with Crippen LogP contribution in [0.2, 0.25) is 5.02 Å². The van der Waals surface area contributed by atoms with Gasteiger partial charge in [0.05, 0.1) is 25.4 Å². The predicted molar refractivity (Wildman–Crippen MR) is 149 cm³/mol. The second-order valence-electron chi connectivity index (χ2n) is 11.2. The molecule has 0 bridgehead atoms. The molecule has 1 fully saturated rings. The molecule has 0 aliphatic carbocycles. The Balaban J connectivity index is 1.11. The van der Waals surface area contributed by atoms with Gasteiger partial charge in [0.1, 0.15) is 11.9 Å². The lowest BCUT2D eigenvalue weighted by atomic mass is 9.82. The Morgan fingerprint density at radius 1 is 1.21 bits per heavy atom. The summed E-state index contributed by atoms with van der Waals surface area (Å²) >= 11 is 6.50. The minimum atomic E-state index is -0.521. The fraction of sp³-hybridized carbons (Fsp3) is 0.600. The molecule has 0 radical (unpaired) electrons. The Bertz CT molecular complexity index is 1150. The van der Waals surface area contributed by atoms with Crippen molar-refractivity contribution in [1.29, 1.82) is 0 Å². The number of carbonyl (C=O) groups is 1. The van der Waals surface area contributed by atoms with Crippen LogP contribution in [0.5, 0.6) is 0 Å². The summed E-state index contributed by atoms with van der Waals surface area (Å²) in [4.78, 5) is 19.9. The van der Waals surface area contributed by atoms with Crippen molar-refractivity contribution in [2.45, 2.75) is 76.5 Å². The number of unbranched alkanes of at least 4 members (excludes halogenated alkanes) is 2. The standard InChI is InChI=1S/C30H40ClN3O4/c1-30(2)26-21(12-15-38-30)16-22(31)17-25(26)27(29(35)36-3)34-18-24(19-34)37-14-6-4-5-9-23-11-10-20-8-7-13-32-28(20)33-23/h10-11,16-17,24,27H,4-9,12-15,18-19H2,1-3H3,(H,32,33). The lowest BCUT2D eigenvalue weighted by Crippen LogP contribution is -2.55. The summed E-state index contributed by atoms with van der Waals surface area (Å²) in [6.07, 6.45) is 7.45. The molecule has 38 heavy (non-hydrogen) atoms. The molecule has 1 unspecified atom stereocenters. The van der Waals surface area contributed by atoms with Gasteiger partial charge in [-0.1, -0.05) is 24.1 Å². The van der Waals surface area contributed by atoms with Crippen molar-refractivity contribution in [3.8, 4) is 0 Å². The third kappa shape index (κ3) is 6.01. The van der Waals surface area contributed by atoms with E-state index in [1.54, 1.807) is 0 Å². The Morgan fingerprint density at radius 2 is 2.05 bits per heavy atom. The molecule has 4 heterocycles. The number of aromatic nitrogens is 1. The summed E-state index contributed by atoms with van der Waals surface area (Å²) in [7, 11) is 1.44. The number of likely N-dealkylation sites (tertiary alicyclic amines) is 1. The molecule has 0 saturated carbocycles. The summed E-state index contributed by atoms with van der Waals surface area (Å²) in [5.74, 6) is 0.798. The molecule has 7 nitrogen and oxygen atoms in total. The van der Waals surface area contributed by atoms with Crippen LogP contribution in [-0.2, 0) is 43.9 Å². The first-order valence-corrected chi connectivity index (χ1v) is 14.4. The number of nitrogens with zero attached hydrogens (tertiary/aromatic N) is 2. The van der Waals surface area contributed by atoms with Gasteiger partial charge in [-0.25, -0.2) is 9.78 Å². The SMILES string of the molecule is COC(=O)C(c1cc(Cl)cc2c1C(C)(C)OCC2)N1CC(OCCCCCc2ccc3c(n2)NCCC3)C1. The van der Waals surface area contributed by atoms with Crippen LogP contribution >= 0.6 is 11.6 Å². The first-order chi connectivity index (χ1) is 18.4. The smallest absolute Gasteiger partial charge is 0.327 e. The third-order valence-electron chi connectivity index (χ3n) is 7.99. The molecular formula is C30H40ClN3O4. The van der Waals surface area contributed by atoms with Gasteiger partial charge in [-0.3, -0.25) is 4.90 Å². The van der Waals surface area contributed by atoms with E-state index in [0.29, 0.717) is 24.7 Å². The Kier molecular flexibility index (Phi) is 8.58. The fourth-order valence-corrected chi connectivity index (χ4v) is 6.28. The molecule has 5 rings (SSSR count). The van der Waals surface area contributed by atoms with Crippen molar-refractivity contribution in [2.24, 2.45) is 0 Å². The zero-order valence-electron chi connectivity index (χ0n) is 22.9. The maximum absolute atomic E-state index is 13.0. The minimum Gasteiger partial charge on any atom is -0.468 e. The number of aryl methyl sites for hydroxylation is 2. The van der Waals surface area contributed by atoms with E-state index in [4.69, 9.17) is 30.8 Å². The van der Waals surface area contributed by atoms with E-state index < -0.39 is 11.6 Å². The molecule has 1 aromatic carbocycles. The van der Waals surface area contributed by atoms with Crippen molar-refractivity contribution < 1.29 is 19.0 Å². The Labute approximate surface area is 231 Å². The van der Waals surface area contributed by atoms with Crippen molar-refractivity contribution in [3.63, 3.8) is 0 Å². The van der Waals surface area contributed by atoms with Crippen LogP contribution in [-0.4, -0.2) is 61.9 Å². The van der Waals surface area contributed by atoms with E-state index in [-0.39, 0.29) is 12.1 Å². The van der Waals surface area contributed by atoms with Gasteiger partial charge in [0, 0.05) is 37.0 Å². The maximum atomic E-state index is 13.0. The number of benzene rings is 1. The van der Waals surface area contributed by atoms with Crippen molar-refractivity contribution >= 4 is 23.4 Å². The predicted octanol–water partition coefficient (Wildman–Crippen LogP) is 5.23. The van der Waals surface area contributed by atoms with Gasteiger partial charge < -0.3 is 19.5 Å². The van der Waals surface area contributed by atoms with Crippen molar-refractivity contribution in [3.05, 3.63) is 57.2 Å². The van der Waals surface area contributed by atoms with E-state index in [9.17, 15) is 4.79 Å². The van der Waals surface area contributed by atoms with E-state index in [1.165, 1.54) is 24.8 Å². The van der Waals surface area contributed by atoms with Gasteiger partial charge in [-0.15, -0.1) is 0 Å². The van der Waals surface area contributed by atoms with Crippen LogP contribution in [0.4, 0.5) is 5.82 Å². The molecule has 3 aliphatic rings. The maximum Gasteiger partial charge on any atom is 0.327 e. The van der Waals surface area contributed by atoms with Crippen LogP contribution < -0.4 is 5.32 Å². The second-order valence-corrected chi connectivity index (χ2v) is 11.6. The molecule has 1 N–H and O–H groups in total. The lowest BCUT2D eigenvalue weighted by molar-refractivity contribution is -0.154. The van der Waals surface area contributed by atoms with Gasteiger partial charge in [-0.2, -0.15) is 0 Å². The third-order valence-corrected chi connectivity index (χ3v) is 8.21. The molecule has 206 valence electrons. The van der Waals surface area contributed by atoms with Crippen LogP contribution in [0, 0.1) is 0 Å². The number of anilines is 1. The number of nitrogens with one attached hydrogen (secondary N) is 1. The molecule has 2 aromatic rings. The lowest BCUT2D eigenvalue weighted by Gasteiger charge is -2.45. The molecule has 1 aromatic heterocycles. The summed E-state index contributed by atoms with van der Waals surface area (Å²) in [5.41, 5.74) is 5.09. The number of fused-ring (bicyclic) bond motifs is 2. The molecule has 1 saturated heterocycles. The summed E-state index contributed by atoms with van der Waals surface area (Å²) in [6, 6.07) is 7.78. The van der Waals surface area contributed by atoms with E-state index >= 15 is 0 Å². The Hall–Kier alpha value is -2.19. The highest BCUT2D eigenvalue weighted by Gasteiger charge is 2.42. The highest BCUT2D eigenvalue weighted by atomic mass is 35.5. The molecular weight excluding hydrogens is 502 g/mol. The first-order valence-electron chi connectivity index (χ1n) is 14.0. The van der Waals surface area contributed by atoms with Gasteiger partial charge >= 0.3 is 5.97 Å². The minimum absolute atomic E-state index is 0.120. The summed E-state index contributed by atoms with van der Waals surface area (Å²) in [5, 5.41) is 4.06. The van der Waals surface area contributed by atoms with Gasteiger partial charge in [-0.05, 0) is 92.8 Å². The summed E-state index contributed by atoms with van der Waals surface area (Å²) < 4.78 is 17.5. The van der Waals surface area contributed by atoms with Crippen molar-refractivity contribution in [2.75, 3.05) is 45.3 Å². The van der Waals surface area contributed by atoms with E-state index in [0.717, 1.165) is 74.2 Å². The second kappa shape index (κ2) is 11.9. The molecule has 0 spiro atoms. The number of rotatable bonds is 10. The topological polar surface area (TPSA) is 72.9 Å². The molecule has 1 atom stereocenters. The normalized spacial score (nSPS) is 19.6. The number of ether oxygens (including phenoxy) is 3. The first kappa shape index (κ1) is 27.4. The number of methoxy groups -OCH3 is 1. The van der Waals surface area contributed by atoms with Gasteiger partial charge in [0.25, 0.3) is 0 Å². The van der Waals surface area contributed by atoms with E-state index in [1.807, 2.05) is 12.1 Å². The number of hydrogen-bond acceptors (Lipinski definition) is 7. The summed E-state index contributed by atoms with van der Waals surface area (Å²) in [6.45, 7) is 7.88. The zero-order valence-corrected chi connectivity index (χ0v) is 23.6. The monoisotopic (exact) mass is 541 g/mol. The molecule has 8 heteroatoms. The highest BCUT2D eigenvalue weighted by molar-refractivity contribution is 6.30. The Morgan fingerprint density at radius 3 is 2.87 bits per heavy atom. The zero-order chi connectivity index (χ0) is 26.7. The molecule has 3 aliphatic heterocycles.